The second kappa shape index (κ2) is 4.53. The minimum atomic E-state index is -1.01. The van der Waals surface area contributed by atoms with Crippen LogP contribution in [-0.2, 0) is 9.53 Å². The van der Waals surface area contributed by atoms with Gasteiger partial charge in [-0.3, -0.25) is 4.90 Å². The van der Waals surface area contributed by atoms with E-state index in [-0.39, 0.29) is 5.25 Å². The van der Waals surface area contributed by atoms with E-state index in [9.17, 15) is 9.59 Å². The highest BCUT2D eigenvalue weighted by molar-refractivity contribution is 7.81. The van der Waals surface area contributed by atoms with Crippen molar-refractivity contribution < 1.29 is 19.4 Å². The van der Waals surface area contributed by atoms with Crippen molar-refractivity contribution in [1.82, 2.24) is 4.90 Å². The summed E-state index contributed by atoms with van der Waals surface area (Å²) in [6.45, 7) is 5.55. The number of nitrogens with zero attached hydrogens (tertiary/aromatic N) is 1. The summed E-state index contributed by atoms with van der Waals surface area (Å²) in [6, 6.07) is -0.822. The molecule has 1 aliphatic heterocycles. The van der Waals surface area contributed by atoms with Gasteiger partial charge in [0.05, 0.1) is 0 Å². The molecule has 92 valence electrons. The molecule has 1 amide bonds. The number of amides is 1. The number of rotatable bonds is 1. The Hall–Kier alpha value is -0.910. The lowest BCUT2D eigenvalue weighted by molar-refractivity contribution is -0.142. The fraction of sp³-hybridized carbons (Fsp3) is 0.800. The van der Waals surface area contributed by atoms with Gasteiger partial charge in [-0.05, 0) is 27.2 Å². The number of ether oxygens (including phenoxy) is 1. The number of thiol groups is 1. The first kappa shape index (κ1) is 13.2. The summed E-state index contributed by atoms with van der Waals surface area (Å²) in [5, 5.41) is 8.86. The van der Waals surface area contributed by atoms with E-state index in [1.54, 1.807) is 20.8 Å². The Kier molecular flexibility index (Phi) is 3.72. The summed E-state index contributed by atoms with van der Waals surface area (Å²) < 4.78 is 5.14. The third-order valence-electron chi connectivity index (χ3n) is 2.19. The zero-order valence-corrected chi connectivity index (χ0v) is 10.5. The van der Waals surface area contributed by atoms with Gasteiger partial charge in [0.25, 0.3) is 0 Å². The summed E-state index contributed by atoms with van der Waals surface area (Å²) in [7, 11) is 0. The number of hydrogen-bond donors (Lipinski definition) is 2. The smallest absolute Gasteiger partial charge is 0.411 e. The average molecular weight is 247 g/mol. The van der Waals surface area contributed by atoms with Gasteiger partial charge in [-0.25, -0.2) is 9.59 Å². The van der Waals surface area contributed by atoms with Crippen LogP contribution >= 0.6 is 12.6 Å². The number of aliphatic carboxylic acids is 1. The number of hydrogen-bond acceptors (Lipinski definition) is 4. The minimum Gasteiger partial charge on any atom is -0.480 e. The van der Waals surface area contributed by atoms with Gasteiger partial charge in [0.15, 0.2) is 0 Å². The number of carbonyl (C=O) groups is 2. The highest BCUT2D eigenvalue weighted by Crippen LogP contribution is 2.24. The Bertz CT molecular complexity index is 300. The summed E-state index contributed by atoms with van der Waals surface area (Å²) >= 11 is 4.20. The van der Waals surface area contributed by atoms with Crippen LogP contribution in [0.1, 0.15) is 27.2 Å². The van der Waals surface area contributed by atoms with Crippen molar-refractivity contribution in [2.24, 2.45) is 0 Å². The SMILES string of the molecule is CC(C)(C)OC(=O)N1CC(S)C[C@H]1C(=O)O. The molecule has 1 rings (SSSR count). The maximum absolute atomic E-state index is 11.7. The molecule has 2 atom stereocenters. The summed E-state index contributed by atoms with van der Waals surface area (Å²) in [4.78, 5) is 23.9. The molecule has 1 N–H and O–H groups in total. The van der Waals surface area contributed by atoms with Gasteiger partial charge in [-0.15, -0.1) is 0 Å². The van der Waals surface area contributed by atoms with Gasteiger partial charge >= 0.3 is 12.1 Å². The molecule has 0 aromatic rings. The van der Waals surface area contributed by atoms with Crippen LogP contribution in [0.4, 0.5) is 4.79 Å². The zero-order chi connectivity index (χ0) is 12.5. The van der Waals surface area contributed by atoms with Gasteiger partial charge in [-0.1, -0.05) is 0 Å². The molecule has 0 radical (unpaired) electrons. The molecule has 5 nitrogen and oxygen atoms in total. The molecule has 1 unspecified atom stereocenters. The van der Waals surface area contributed by atoms with Gasteiger partial charge in [-0.2, -0.15) is 12.6 Å². The first-order valence-corrected chi connectivity index (χ1v) is 5.63. The topological polar surface area (TPSA) is 66.8 Å². The first-order chi connectivity index (χ1) is 7.20. The van der Waals surface area contributed by atoms with Crippen LogP contribution in [0.2, 0.25) is 0 Å². The Morgan fingerprint density at radius 2 is 2.00 bits per heavy atom. The molecule has 0 bridgehead atoms. The third kappa shape index (κ3) is 3.30. The maximum Gasteiger partial charge on any atom is 0.411 e. The Morgan fingerprint density at radius 1 is 1.44 bits per heavy atom. The fourth-order valence-electron chi connectivity index (χ4n) is 1.57. The lowest BCUT2D eigenvalue weighted by Gasteiger charge is -2.26. The normalized spacial score (nSPS) is 25.6. The number of likely N-dealkylation sites (tertiary alicyclic amines) is 1. The van der Waals surface area contributed by atoms with E-state index in [0.717, 1.165) is 0 Å². The standard InChI is InChI=1S/C10H17NO4S/c1-10(2,3)15-9(14)11-5-6(16)4-7(11)8(12)13/h6-7,16H,4-5H2,1-3H3,(H,12,13)/t6?,7-/m0/s1. The largest absolute Gasteiger partial charge is 0.480 e. The molecule has 0 aromatic heterocycles. The predicted octanol–water partition coefficient (Wildman–Crippen LogP) is 1.38. The van der Waals surface area contributed by atoms with E-state index in [1.165, 1.54) is 4.90 Å². The van der Waals surface area contributed by atoms with Crippen molar-refractivity contribution in [3.05, 3.63) is 0 Å². The molecule has 1 heterocycles. The van der Waals surface area contributed by atoms with Gasteiger partial charge in [0.1, 0.15) is 11.6 Å². The van der Waals surface area contributed by atoms with Gasteiger partial charge in [0, 0.05) is 11.8 Å². The molecule has 0 spiro atoms. The van der Waals surface area contributed by atoms with Crippen LogP contribution < -0.4 is 0 Å². The Labute approximate surface area is 100 Å². The van der Waals surface area contributed by atoms with Crippen LogP contribution in [0, 0.1) is 0 Å². The van der Waals surface area contributed by atoms with Crippen molar-refractivity contribution in [2.75, 3.05) is 6.54 Å². The molecule has 0 saturated carbocycles. The van der Waals surface area contributed by atoms with Gasteiger partial charge < -0.3 is 9.84 Å². The fourth-order valence-corrected chi connectivity index (χ4v) is 1.95. The second-order valence-corrected chi connectivity index (χ2v) is 5.61. The van der Waals surface area contributed by atoms with Crippen molar-refractivity contribution in [1.29, 1.82) is 0 Å². The quantitative estimate of drug-likeness (QED) is 0.687. The van der Waals surface area contributed by atoms with E-state index in [0.29, 0.717) is 13.0 Å². The summed E-state index contributed by atoms with van der Waals surface area (Å²) in [5.41, 5.74) is -0.616. The van der Waals surface area contributed by atoms with Gasteiger partial charge in [0.2, 0.25) is 0 Å². The highest BCUT2D eigenvalue weighted by atomic mass is 32.1. The van der Waals surface area contributed by atoms with Crippen LogP contribution in [0.15, 0.2) is 0 Å². The number of carbonyl (C=O) groups excluding carboxylic acids is 1. The molecule has 0 aliphatic carbocycles. The van der Waals surface area contributed by atoms with Crippen molar-refractivity contribution in [3.8, 4) is 0 Å². The second-order valence-electron chi connectivity index (χ2n) is 4.88. The van der Waals surface area contributed by atoms with E-state index in [1.807, 2.05) is 0 Å². The zero-order valence-electron chi connectivity index (χ0n) is 9.64. The van der Waals surface area contributed by atoms with Crippen LogP contribution in [0.25, 0.3) is 0 Å². The van der Waals surface area contributed by atoms with Crippen LogP contribution in [-0.4, -0.2) is 45.5 Å². The molecule has 6 heteroatoms. The third-order valence-corrected chi connectivity index (χ3v) is 2.57. The molecule has 1 saturated heterocycles. The molecular weight excluding hydrogens is 230 g/mol. The van der Waals surface area contributed by atoms with E-state index in [4.69, 9.17) is 9.84 Å². The molecule has 0 aromatic carbocycles. The monoisotopic (exact) mass is 247 g/mol. The number of carboxylic acid groups (broad SMARTS) is 1. The molecular formula is C10H17NO4S. The van der Waals surface area contributed by atoms with E-state index in [2.05, 4.69) is 12.6 Å². The van der Waals surface area contributed by atoms with Crippen molar-refractivity contribution >= 4 is 24.7 Å². The van der Waals surface area contributed by atoms with Crippen molar-refractivity contribution in [3.63, 3.8) is 0 Å². The summed E-state index contributed by atoms with van der Waals surface area (Å²) in [6.07, 6.45) is -0.228. The predicted molar refractivity (Wildman–Crippen MR) is 61.8 cm³/mol. The molecule has 1 fully saturated rings. The molecule has 1 aliphatic rings. The summed E-state index contributed by atoms with van der Waals surface area (Å²) in [5.74, 6) is -1.01. The lowest BCUT2D eigenvalue weighted by Crippen LogP contribution is -2.43. The van der Waals surface area contributed by atoms with Crippen molar-refractivity contribution in [2.45, 2.75) is 44.1 Å². The Morgan fingerprint density at radius 3 is 2.44 bits per heavy atom. The maximum atomic E-state index is 11.7. The van der Waals surface area contributed by atoms with Crippen LogP contribution in [0.5, 0.6) is 0 Å². The van der Waals surface area contributed by atoms with Crippen LogP contribution in [0.3, 0.4) is 0 Å². The highest BCUT2D eigenvalue weighted by Gasteiger charge is 2.40. The molecule has 16 heavy (non-hydrogen) atoms. The Balaban J connectivity index is 2.71. The van der Waals surface area contributed by atoms with E-state index < -0.39 is 23.7 Å². The lowest BCUT2D eigenvalue weighted by atomic mass is 10.2. The first-order valence-electron chi connectivity index (χ1n) is 5.11. The van der Waals surface area contributed by atoms with E-state index >= 15 is 0 Å². The minimum absolute atomic E-state index is 0.103. The number of carboxylic acids is 1. The average Bonchev–Trinajstić information content (AvgIpc) is 2.44.